The van der Waals surface area contributed by atoms with Crippen LogP contribution < -0.4 is 20.3 Å². The first-order valence-corrected chi connectivity index (χ1v) is 11.9. The van der Waals surface area contributed by atoms with Gasteiger partial charge < -0.3 is 19.4 Å². The van der Waals surface area contributed by atoms with Crippen LogP contribution >= 0.6 is 11.3 Å². The first kappa shape index (κ1) is 23.1. The summed E-state index contributed by atoms with van der Waals surface area (Å²) in [5.41, 5.74) is 3.18. The van der Waals surface area contributed by atoms with Crippen molar-refractivity contribution in [3.63, 3.8) is 0 Å². The molecule has 1 aliphatic heterocycles. The molecule has 2 aromatic heterocycles. The molecule has 0 saturated heterocycles. The summed E-state index contributed by atoms with van der Waals surface area (Å²) in [6.07, 6.45) is 0.592. The molecule has 1 aliphatic rings. The number of thiophene rings is 1. The maximum atomic E-state index is 13.3. The molecular weight excluding hydrogens is 438 g/mol. The second-order valence-corrected chi connectivity index (χ2v) is 9.07. The summed E-state index contributed by atoms with van der Waals surface area (Å²) in [5.74, 6) is 0.766. The summed E-state index contributed by atoms with van der Waals surface area (Å²) in [6.45, 7) is 5.33. The number of aryl methyl sites for hydroxylation is 1. The van der Waals surface area contributed by atoms with Gasteiger partial charge in [0.05, 0.1) is 14.2 Å². The number of hydrogen-bond donors (Lipinski definition) is 1. The number of carbonyl (C=O) groups is 1. The first-order chi connectivity index (χ1) is 16.0. The molecule has 4 rings (SSSR count). The van der Waals surface area contributed by atoms with Gasteiger partial charge in [0.1, 0.15) is 17.1 Å². The van der Waals surface area contributed by atoms with Crippen LogP contribution in [0.4, 0.5) is 0 Å². The molecule has 8 heteroatoms. The van der Waals surface area contributed by atoms with Crippen LogP contribution in [-0.2, 0) is 26.1 Å². The lowest BCUT2D eigenvalue weighted by atomic mass is 10.1. The van der Waals surface area contributed by atoms with Gasteiger partial charge in [-0.3, -0.25) is 14.5 Å². The highest BCUT2D eigenvalue weighted by atomic mass is 32.1. The Morgan fingerprint density at radius 3 is 2.61 bits per heavy atom. The van der Waals surface area contributed by atoms with Crippen LogP contribution in [0.3, 0.4) is 0 Å². The molecule has 174 valence electrons. The number of ether oxygens (including phenoxy) is 2. The molecule has 0 radical (unpaired) electrons. The van der Waals surface area contributed by atoms with Gasteiger partial charge in [-0.25, -0.2) is 0 Å². The lowest BCUT2D eigenvalue weighted by Gasteiger charge is -2.19. The van der Waals surface area contributed by atoms with Gasteiger partial charge in [-0.1, -0.05) is 18.2 Å². The fraction of sp³-hybridized carbons (Fsp3) is 0.360. The number of para-hydroxylation sites is 1. The zero-order valence-electron chi connectivity index (χ0n) is 19.2. The Morgan fingerprint density at radius 1 is 1.09 bits per heavy atom. The van der Waals surface area contributed by atoms with Crippen molar-refractivity contribution in [1.29, 1.82) is 0 Å². The zero-order chi connectivity index (χ0) is 23.4. The lowest BCUT2D eigenvalue weighted by Crippen LogP contribution is -2.31. The Kier molecular flexibility index (Phi) is 7.15. The van der Waals surface area contributed by atoms with E-state index in [2.05, 4.69) is 28.6 Å². The predicted octanol–water partition coefficient (Wildman–Crippen LogP) is 3.22. The minimum atomic E-state index is -0.260. The molecule has 0 aliphatic carbocycles. The Morgan fingerprint density at radius 2 is 1.88 bits per heavy atom. The van der Waals surface area contributed by atoms with Gasteiger partial charge in [-0.15, -0.1) is 11.3 Å². The van der Waals surface area contributed by atoms with Gasteiger partial charge in [0.15, 0.2) is 0 Å². The second kappa shape index (κ2) is 10.2. The molecule has 0 saturated carbocycles. The van der Waals surface area contributed by atoms with E-state index in [0.29, 0.717) is 36.6 Å². The van der Waals surface area contributed by atoms with Crippen LogP contribution in [0.25, 0.3) is 0 Å². The van der Waals surface area contributed by atoms with Crippen molar-refractivity contribution in [2.24, 2.45) is 0 Å². The summed E-state index contributed by atoms with van der Waals surface area (Å²) in [6, 6.07) is 11.1. The summed E-state index contributed by atoms with van der Waals surface area (Å²) in [5, 5.41) is 5.09. The highest BCUT2D eigenvalue weighted by Gasteiger charge is 2.25. The average molecular weight is 468 g/mol. The third kappa shape index (κ3) is 4.96. The molecule has 7 nitrogen and oxygen atoms in total. The summed E-state index contributed by atoms with van der Waals surface area (Å²) >= 11 is 1.75. The molecule has 0 spiro atoms. The highest BCUT2D eigenvalue weighted by molar-refractivity contribution is 7.10. The molecule has 3 aromatic rings. The minimum absolute atomic E-state index is 0.141. The molecule has 0 atom stereocenters. The van der Waals surface area contributed by atoms with Crippen LogP contribution in [0.1, 0.15) is 32.1 Å². The first-order valence-electron chi connectivity index (χ1n) is 11.0. The maximum absolute atomic E-state index is 13.3. The van der Waals surface area contributed by atoms with Crippen molar-refractivity contribution in [3.05, 3.63) is 79.4 Å². The highest BCUT2D eigenvalue weighted by Crippen LogP contribution is 2.25. The van der Waals surface area contributed by atoms with E-state index in [9.17, 15) is 9.59 Å². The van der Waals surface area contributed by atoms with Gasteiger partial charge in [0.2, 0.25) is 0 Å². The fourth-order valence-electron chi connectivity index (χ4n) is 4.24. The molecule has 0 bridgehead atoms. The van der Waals surface area contributed by atoms with Crippen molar-refractivity contribution in [3.8, 4) is 11.5 Å². The Bertz CT molecular complexity index is 1200. The maximum Gasteiger partial charge on any atom is 0.257 e. The minimum Gasteiger partial charge on any atom is -0.496 e. The number of aromatic nitrogens is 1. The standard InChI is InChI=1S/C25H29N3O4S/c1-17-9-13-33-22(17)16-27-10-8-19-24(21(32-3)14-23(29)28(19)12-11-27)25(30)26-15-18-6-4-5-7-20(18)31-2/h4-7,9,13-14H,8,10-12,15-16H2,1-3H3,(H,26,30). The zero-order valence-corrected chi connectivity index (χ0v) is 20.0. The van der Waals surface area contributed by atoms with Crippen molar-refractivity contribution in [1.82, 2.24) is 14.8 Å². The van der Waals surface area contributed by atoms with E-state index in [0.717, 1.165) is 30.9 Å². The fourth-order valence-corrected chi connectivity index (χ4v) is 5.19. The largest absolute Gasteiger partial charge is 0.496 e. The number of amides is 1. The van der Waals surface area contributed by atoms with Crippen LogP contribution in [0.2, 0.25) is 0 Å². The smallest absolute Gasteiger partial charge is 0.257 e. The number of methoxy groups -OCH3 is 2. The van der Waals surface area contributed by atoms with Gasteiger partial charge >= 0.3 is 0 Å². The second-order valence-electron chi connectivity index (χ2n) is 8.07. The summed E-state index contributed by atoms with van der Waals surface area (Å²) in [4.78, 5) is 29.8. The van der Waals surface area contributed by atoms with Crippen LogP contribution in [0.5, 0.6) is 11.5 Å². The van der Waals surface area contributed by atoms with Crippen molar-refractivity contribution in [2.75, 3.05) is 27.3 Å². The van der Waals surface area contributed by atoms with E-state index in [1.165, 1.54) is 23.6 Å². The molecular formula is C25H29N3O4S. The van der Waals surface area contributed by atoms with Gasteiger partial charge in [0, 0.05) is 61.3 Å². The van der Waals surface area contributed by atoms with E-state index in [-0.39, 0.29) is 11.5 Å². The number of benzene rings is 1. The third-order valence-corrected chi connectivity index (χ3v) is 7.11. The lowest BCUT2D eigenvalue weighted by molar-refractivity contribution is 0.0945. The van der Waals surface area contributed by atoms with Gasteiger partial charge in [0.25, 0.3) is 11.5 Å². The van der Waals surface area contributed by atoms with Gasteiger partial charge in [-0.05, 0) is 30.0 Å². The molecule has 1 amide bonds. The normalized spacial score (nSPS) is 13.8. The van der Waals surface area contributed by atoms with Crippen LogP contribution in [-0.4, -0.2) is 42.7 Å². The number of fused-ring (bicyclic) bond motifs is 1. The topological polar surface area (TPSA) is 72.8 Å². The molecule has 3 heterocycles. The Hall–Kier alpha value is -3.10. The number of hydrogen-bond acceptors (Lipinski definition) is 6. The molecule has 0 fully saturated rings. The van der Waals surface area contributed by atoms with Gasteiger partial charge in [-0.2, -0.15) is 0 Å². The Labute approximate surface area is 197 Å². The monoisotopic (exact) mass is 467 g/mol. The van der Waals surface area contributed by atoms with Crippen molar-refractivity contribution < 1.29 is 14.3 Å². The molecule has 0 unspecified atom stereocenters. The van der Waals surface area contributed by atoms with Crippen LogP contribution in [0, 0.1) is 6.92 Å². The van der Waals surface area contributed by atoms with E-state index >= 15 is 0 Å². The number of nitrogens with one attached hydrogen (secondary N) is 1. The van der Waals surface area contributed by atoms with E-state index in [1.807, 2.05) is 24.3 Å². The van der Waals surface area contributed by atoms with E-state index < -0.39 is 0 Å². The molecule has 33 heavy (non-hydrogen) atoms. The molecule has 1 aromatic carbocycles. The number of pyridine rings is 1. The average Bonchev–Trinajstić information content (AvgIpc) is 3.10. The quantitative estimate of drug-likeness (QED) is 0.578. The predicted molar refractivity (Wildman–Crippen MR) is 129 cm³/mol. The summed E-state index contributed by atoms with van der Waals surface area (Å²) < 4.78 is 12.6. The van der Waals surface area contributed by atoms with E-state index in [1.54, 1.807) is 23.0 Å². The van der Waals surface area contributed by atoms with Crippen molar-refractivity contribution >= 4 is 17.2 Å². The van der Waals surface area contributed by atoms with Crippen LogP contribution in [0.15, 0.2) is 46.6 Å². The summed E-state index contributed by atoms with van der Waals surface area (Å²) in [7, 11) is 3.10. The SMILES string of the molecule is COc1ccccc1CNC(=O)c1c(OC)cc(=O)n2c1CCN(Cc1sccc1C)CC2. The third-order valence-electron chi connectivity index (χ3n) is 6.10. The number of nitrogens with zero attached hydrogens (tertiary/aromatic N) is 2. The molecule has 1 N–H and O–H groups in total. The number of carbonyl (C=O) groups excluding carboxylic acids is 1. The Balaban J connectivity index is 1.58. The van der Waals surface area contributed by atoms with Crippen molar-refractivity contribution in [2.45, 2.75) is 33.0 Å². The number of rotatable bonds is 7. The van der Waals surface area contributed by atoms with E-state index in [4.69, 9.17) is 9.47 Å².